The van der Waals surface area contributed by atoms with E-state index in [2.05, 4.69) is 4.98 Å². The van der Waals surface area contributed by atoms with Gasteiger partial charge in [0.15, 0.2) is 0 Å². The summed E-state index contributed by atoms with van der Waals surface area (Å²) >= 11 is 1.21. The quantitative estimate of drug-likeness (QED) is 0.768. The highest BCUT2D eigenvalue weighted by Gasteiger charge is 2.17. The van der Waals surface area contributed by atoms with Crippen molar-refractivity contribution in [3.8, 4) is 0 Å². The number of fused-ring (bicyclic) bond motifs is 1. The Morgan fingerprint density at radius 1 is 1.45 bits per heavy atom. The molecule has 0 bridgehead atoms. The van der Waals surface area contributed by atoms with E-state index in [1.165, 1.54) is 11.8 Å². The summed E-state index contributed by atoms with van der Waals surface area (Å²) in [5.41, 5.74) is 0.925. The molecular formula is C13H14F2N2O2S. The topological polar surface area (TPSA) is 44.1 Å². The maximum absolute atomic E-state index is 13.1. The maximum atomic E-state index is 13.1. The average molecular weight is 300 g/mol. The number of para-hydroxylation sites is 2. The van der Waals surface area contributed by atoms with Crippen molar-refractivity contribution in [2.24, 2.45) is 0 Å². The number of halogens is 2. The van der Waals surface area contributed by atoms with Crippen molar-refractivity contribution in [3.05, 3.63) is 30.1 Å². The lowest BCUT2D eigenvalue weighted by Gasteiger charge is -2.07. The van der Waals surface area contributed by atoms with Gasteiger partial charge in [-0.25, -0.2) is 4.98 Å². The van der Waals surface area contributed by atoms with Gasteiger partial charge in [-0.3, -0.25) is 9.36 Å². The second-order valence-corrected chi connectivity index (χ2v) is 4.95. The molecule has 0 saturated heterocycles. The molecule has 0 amide bonds. The third kappa shape index (κ3) is 3.27. The van der Waals surface area contributed by atoms with E-state index in [0.717, 1.165) is 4.57 Å². The van der Waals surface area contributed by atoms with Crippen molar-refractivity contribution in [1.29, 1.82) is 0 Å². The number of imidazole rings is 1. The molecule has 0 aliphatic carbocycles. The third-order valence-corrected chi connectivity index (χ3v) is 3.52. The first kappa shape index (κ1) is 14.8. The van der Waals surface area contributed by atoms with E-state index < -0.39 is 6.55 Å². The summed E-state index contributed by atoms with van der Waals surface area (Å²) in [6.07, 6.45) is 0. The van der Waals surface area contributed by atoms with E-state index >= 15 is 0 Å². The van der Waals surface area contributed by atoms with Crippen LogP contribution in [0.5, 0.6) is 0 Å². The van der Waals surface area contributed by atoms with Crippen LogP contribution in [0.2, 0.25) is 0 Å². The molecule has 108 valence electrons. The van der Waals surface area contributed by atoms with Crippen molar-refractivity contribution in [3.63, 3.8) is 0 Å². The van der Waals surface area contributed by atoms with Crippen molar-refractivity contribution >= 4 is 28.8 Å². The molecule has 1 heterocycles. The number of esters is 1. The van der Waals surface area contributed by atoms with Gasteiger partial charge in [-0.15, -0.1) is 11.8 Å². The van der Waals surface area contributed by atoms with Crippen molar-refractivity contribution in [1.82, 2.24) is 9.55 Å². The van der Waals surface area contributed by atoms with Gasteiger partial charge in [0.2, 0.25) is 0 Å². The SMILES string of the molecule is CCOC(=O)CSCc1nc2ccccc2n1C(F)F. The zero-order chi connectivity index (χ0) is 14.5. The zero-order valence-corrected chi connectivity index (χ0v) is 11.7. The minimum Gasteiger partial charge on any atom is -0.465 e. The highest BCUT2D eigenvalue weighted by molar-refractivity contribution is 7.99. The number of rotatable bonds is 6. The van der Waals surface area contributed by atoms with Gasteiger partial charge in [0.25, 0.3) is 0 Å². The molecule has 2 rings (SSSR count). The molecule has 1 aromatic heterocycles. The van der Waals surface area contributed by atoms with Crippen LogP contribution in [0.1, 0.15) is 19.3 Å². The number of alkyl halides is 2. The Kier molecular flexibility index (Phi) is 4.94. The zero-order valence-electron chi connectivity index (χ0n) is 10.9. The van der Waals surface area contributed by atoms with Gasteiger partial charge in [-0.2, -0.15) is 8.78 Å². The maximum Gasteiger partial charge on any atom is 0.320 e. The minimum absolute atomic E-state index is 0.125. The average Bonchev–Trinajstić information content (AvgIpc) is 2.77. The second kappa shape index (κ2) is 6.69. The van der Waals surface area contributed by atoms with Gasteiger partial charge in [-0.05, 0) is 19.1 Å². The Bertz CT molecular complexity index is 601. The molecule has 0 aliphatic heterocycles. The summed E-state index contributed by atoms with van der Waals surface area (Å²) in [6, 6.07) is 6.74. The molecule has 0 atom stereocenters. The van der Waals surface area contributed by atoms with E-state index in [-0.39, 0.29) is 23.3 Å². The number of aromatic nitrogens is 2. The van der Waals surface area contributed by atoms with Crippen LogP contribution in [0.3, 0.4) is 0 Å². The highest BCUT2D eigenvalue weighted by atomic mass is 32.2. The number of benzene rings is 1. The van der Waals surface area contributed by atoms with Crippen LogP contribution in [-0.2, 0) is 15.3 Å². The predicted molar refractivity (Wildman–Crippen MR) is 73.8 cm³/mol. The molecule has 0 saturated carbocycles. The Hall–Kier alpha value is -1.63. The van der Waals surface area contributed by atoms with Gasteiger partial charge in [0.05, 0.1) is 29.1 Å². The summed E-state index contributed by atoms with van der Waals surface area (Å²) in [5.74, 6) is 0.269. The first-order valence-electron chi connectivity index (χ1n) is 6.10. The number of ether oxygens (including phenoxy) is 1. The fourth-order valence-corrected chi connectivity index (χ4v) is 2.58. The molecule has 0 aliphatic rings. The smallest absolute Gasteiger partial charge is 0.320 e. The highest BCUT2D eigenvalue weighted by Crippen LogP contribution is 2.25. The number of hydrogen-bond acceptors (Lipinski definition) is 4. The van der Waals surface area contributed by atoms with Crippen LogP contribution in [0.15, 0.2) is 24.3 Å². The van der Waals surface area contributed by atoms with Crippen molar-refractivity contribution < 1.29 is 18.3 Å². The Labute approximate surface area is 119 Å². The van der Waals surface area contributed by atoms with Crippen LogP contribution >= 0.6 is 11.8 Å². The molecule has 0 fully saturated rings. The lowest BCUT2D eigenvalue weighted by Crippen LogP contribution is -2.08. The van der Waals surface area contributed by atoms with E-state index in [1.807, 2.05) is 0 Å². The molecule has 20 heavy (non-hydrogen) atoms. The van der Waals surface area contributed by atoms with E-state index in [1.54, 1.807) is 31.2 Å². The number of nitrogens with zero attached hydrogens (tertiary/aromatic N) is 2. The molecule has 7 heteroatoms. The number of thioether (sulfide) groups is 1. The Morgan fingerprint density at radius 2 is 2.20 bits per heavy atom. The van der Waals surface area contributed by atoms with E-state index in [9.17, 15) is 13.6 Å². The third-order valence-electron chi connectivity index (χ3n) is 2.62. The van der Waals surface area contributed by atoms with Crippen molar-refractivity contribution in [2.45, 2.75) is 19.2 Å². The number of carbonyl (C=O) groups is 1. The summed E-state index contributed by atoms with van der Waals surface area (Å²) in [7, 11) is 0. The normalized spacial score (nSPS) is 11.2. The fourth-order valence-electron chi connectivity index (χ4n) is 1.84. The largest absolute Gasteiger partial charge is 0.465 e. The summed E-state index contributed by atoms with van der Waals surface area (Å²) < 4.78 is 31.9. The van der Waals surface area contributed by atoms with Crippen LogP contribution in [0.4, 0.5) is 8.78 Å². The predicted octanol–water partition coefficient (Wildman–Crippen LogP) is 3.23. The molecular weight excluding hydrogens is 286 g/mol. The molecule has 4 nitrogen and oxygen atoms in total. The molecule has 2 aromatic rings. The lowest BCUT2D eigenvalue weighted by atomic mass is 10.3. The monoisotopic (exact) mass is 300 g/mol. The molecule has 1 aromatic carbocycles. The van der Waals surface area contributed by atoms with Gasteiger partial charge in [-0.1, -0.05) is 12.1 Å². The van der Waals surface area contributed by atoms with E-state index in [4.69, 9.17) is 4.74 Å². The second-order valence-electron chi connectivity index (χ2n) is 3.96. The Morgan fingerprint density at radius 3 is 2.90 bits per heavy atom. The molecule has 0 radical (unpaired) electrons. The van der Waals surface area contributed by atoms with Crippen LogP contribution in [0.25, 0.3) is 11.0 Å². The van der Waals surface area contributed by atoms with Gasteiger partial charge in [0, 0.05) is 0 Å². The minimum atomic E-state index is -2.65. The molecule has 0 spiro atoms. The van der Waals surface area contributed by atoms with Gasteiger partial charge < -0.3 is 4.74 Å². The molecule has 0 unspecified atom stereocenters. The van der Waals surface area contributed by atoms with Gasteiger partial charge >= 0.3 is 12.5 Å². The standard InChI is InChI=1S/C13H14F2N2O2S/c1-2-19-12(18)8-20-7-11-16-9-5-3-4-6-10(9)17(11)13(14)15/h3-6,13H,2,7-8H2,1H3. The first-order valence-corrected chi connectivity index (χ1v) is 7.26. The fraction of sp³-hybridized carbons (Fsp3) is 0.385. The number of hydrogen-bond donors (Lipinski definition) is 0. The lowest BCUT2D eigenvalue weighted by molar-refractivity contribution is -0.139. The summed E-state index contributed by atoms with van der Waals surface area (Å²) in [4.78, 5) is 15.4. The first-order chi connectivity index (χ1) is 9.63. The molecule has 0 N–H and O–H groups in total. The van der Waals surface area contributed by atoms with Crippen molar-refractivity contribution in [2.75, 3.05) is 12.4 Å². The summed E-state index contributed by atoms with van der Waals surface area (Å²) in [5, 5.41) is 0. The summed E-state index contributed by atoms with van der Waals surface area (Å²) in [6.45, 7) is -0.617. The van der Waals surface area contributed by atoms with Crippen LogP contribution < -0.4 is 0 Å². The van der Waals surface area contributed by atoms with Crippen LogP contribution in [0, 0.1) is 0 Å². The van der Waals surface area contributed by atoms with E-state index in [0.29, 0.717) is 17.6 Å². The number of carbonyl (C=O) groups excluding carboxylic acids is 1. The van der Waals surface area contributed by atoms with Gasteiger partial charge in [0.1, 0.15) is 5.82 Å². The van der Waals surface area contributed by atoms with Crippen LogP contribution in [-0.4, -0.2) is 27.9 Å². The Balaban J connectivity index is 2.13.